The van der Waals surface area contributed by atoms with Crippen molar-refractivity contribution in [2.75, 3.05) is 13.2 Å². The Kier molecular flexibility index (Phi) is 8.19. The van der Waals surface area contributed by atoms with Crippen molar-refractivity contribution in [2.45, 2.75) is 5.97 Å². The molecule has 9 heteroatoms. The van der Waals surface area contributed by atoms with Crippen LogP contribution in [0.4, 0.5) is 0 Å². The van der Waals surface area contributed by atoms with Gasteiger partial charge in [0.25, 0.3) is 0 Å². The number of ether oxygens (including phenoxy) is 3. The van der Waals surface area contributed by atoms with Crippen LogP contribution in [0.25, 0.3) is 0 Å². The highest BCUT2D eigenvalue weighted by molar-refractivity contribution is 5.84. The average Bonchev–Trinajstić information content (AvgIpc) is 2.53. The fourth-order valence-corrected chi connectivity index (χ4v) is 1.22. The maximum atomic E-state index is 11.3. The summed E-state index contributed by atoms with van der Waals surface area (Å²) in [6.07, 6.45) is 2.00. The minimum absolute atomic E-state index is 0.635. The van der Waals surface area contributed by atoms with E-state index >= 15 is 0 Å². The molecule has 0 fully saturated rings. The fraction of sp³-hybridized carbons (Fsp3) is 0.214. The first-order valence-corrected chi connectivity index (χ1v) is 5.99. The van der Waals surface area contributed by atoms with E-state index in [4.69, 9.17) is 0 Å². The van der Waals surface area contributed by atoms with E-state index in [2.05, 4.69) is 33.9 Å². The van der Waals surface area contributed by atoms with E-state index in [0.29, 0.717) is 12.2 Å². The van der Waals surface area contributed by atoms with Crippen LogP contribution in [0, 0.1) is 0 Å². The average molecular weight is 328 g/mol. The van der Waals surface area contributed by atoms with Gasteiger partial charge in [0.15, 0.2) is 0 Å². The topological polar surface area (TPSA) is 140 Å². The van der Waals surface area contributed by atoms with Crippen molar-refractivity contribution in [1.29, 1.82) is 0 Å². The Hall–Kier alpha value is -2.75. The minimum Gasteiger partial charge on any atom is -0.425 e. The zero-order chi connectivity index (χ0) is 18.0. The van der Waals surface area contributed by atoms with Gasteiger partial charge in [0.2, 0.25) is 0 Å². The van der Waals surface area contributed by atoms with Gasteiger partial charge >= 0.3 is 23.9 Å². The number of rotatable bonds is 9. The lowest BCUT2D eigenvalue weighted by atomic mass is 10.2. The van der Waals surface area contributed by atoms with Crippen LogP contribution in [0.1, 0.15) is 0 Å². The predicted octanol–water partition coefficient (Wildman–Crippen LogP) is -0.941. The molecule has 0 aromatic heterocycles. The van der Waals surface area contributed by atoms with Gasteiger partial charge in [0.05, 0.1) is 6.61 Å². The van der Waals surface area contributed by atoms with Gasteiger partial charge in [0, 0.05) is 18.2 Å². The standard InChI is InChI=1S/C14H16O9/c1-4-11(17)21-10(8-16)9(7-15)14(20,22-12(18)5-2)23-13(19)6-3/h4-6,15-16,20H,1-3,7-8H2/b10-9+. The third kappa shape index (κ3) is 5.87. The van der Waals surface area contributed by atoms with Gasteiger partial charge in [-0.3, -0.25) is 0 Å². The molecule has 0 unspecified atom stereocenters. The Morgan fingerprint density at radius 2 is 1.30 bits per heavy atom. The number of hydrogen-bond donors (Lipinski definition) is 3. The molecule has 0 aliphatic heterocycles. The van der Waals surface area contributed by atoms with E-state index in [1.807, 2.05) is 0 Å². The number of carbonyl (C=O) groups is 3. The Morgan fingerprint density at radius 1 is 0.870 bits per heavy atom. The third-order valence-electron chi connectivity index (χ3n) is 2.22. The highest BCUT2D eigenvalue weighted by Crippen LogP contribution is 2.25. The molecule has 0 spiro atoms. The van der Waals surface area contributed by atoms with Crippen LogP contribution in [0.15, 0.2) is 49.3 Å². The summed E-state index contributed by atoms with van der Waals surface area (Å²) in [4.78, 5) is 33.8. The maximum Gasteiger partial charge on any atom is 0.405 e. The van der Waals surface area contributed by atoms with Gasteiger partial charge in [-0.1, -0.05) is 19.7 Å². The van der Waals surface area contributed by atoms with Crippen molar-refractivity contribution in [3.05, 3.63) is 49.3 Å². The molecule has 0 radical (unpaired) electrons. The van der Waals surface area contributed by atoms with Crippen molar-refractivity contribution in [1.82, 2.24) is 0 Å². The second-order valence-electron chi connectivity index (χ2n) is 3.68. The second kappa shape index (κ2) is 9.30. The molecular formula is C14H16O9. The first-order valence-electron chi connectivity index (χ1n) is 5.99. The summed E-state index contributed by atoms with van der Waals surface area (Å²) >= 11 is 0. The Balaban J connectivity index is 6.01. The van der Waals surface area contributed by atoms with E-state index in [-0.39, 0.29) is 0 Å². The van der Waals surface area contributed by atoms with Crippen LogP contribution in [-0.4, -0.2) is 52.4 Å². The predicted molar refractivity (Wildman–Crippen MR) is 75.0 cm³/mol. The van der Waals surface area contributed by atoms with Crippen molar-refractivity contribution < 1.29 is 43.9 Å². The van der Waals surface area contributed by atoms with Gasteiger partial charge in [-0.2, -0.15) is 0 Å². The number of esters is 3. The Labute approximate surface area is 131 Å². The third-order valence-corrected chi connectivity index (χ3v) is 2.22. The summed E-state index contributed by atoms with van der Waals surface area (Å²) < 4.78 is 13.5. The highest BCUT2D eigenvalue weighted by atomic mass is 16.8. The number of carbonyl (C=O) groups excluding carboxylic acids is 3. The summed E-state index contributed by atoms with van der Waals surface area (Å²) in [7, 11) is 0. The Bertz CT molecular complexity index is 522. The van der Waals surface area contributed by atoms with Gasteiger partial charge in [-0.05, 0) is 0 Å². The fourth-order valence-electron chi connectivity index (χ4n) is 1.22. The molecule has 0 rings (SSSR count). The van der Waals surface area contributed by atoms with E-state index in [1.54, 1.807) is 0 Å². The molecule has 3 N–H and O–H groups in total. The molecule has 0 aromatic rings. The first-order chi connectivity index (χ1) is 10.8. The lowest BCUT2D eigenvalue weighted by molar-refractivity contribution is -0.301. The number of aliphatic hydroxyl groups excluding tert-OH is 2. The summed E-state index contributed by atoms with van der Waals surface area (Å²) in [5, 5.41) is 28.8. The molecule has 0 bridgehead atoms. The largest absolute Gasteiger partial charge is 0.425 e. The molecule has 126 valence electrons. The van der Waals surface area contributed by atoms with Gasteiger partial charge in [0.1, 0.15) is 17.9 Å². The molecule has 0 amide bonds. The van der Waals surface area contributed by atoms with E-state index in [1.165, 1.54) is 0 Å². The van der Waals surface area contributed by atoms with Crippen LogP contribution < -0.4 is 0 Å². The molecule has 0 heterocycles. The summed E-state index contributed by atoms with van der Waals surface area (Å²) in [6, 6.07) is 0. The van der Waals surface area contributed by atoms with Crippen LogP contribution >= 0.6 is 0 Å². The molecule has 0 atom stereocenters. The lowest BCUT2D eigenvalue weighted by Gasteiger charge is -2.28. The highest BCUT2D eigenvalue weighted by Gasteiger charge is 2.43. The van der Waals surface area contributed by atoms with Crippen molar-refractivity contribution in [3.63, 3.8) is 0 Å². The molecule has 0 aliphatic carbocycles. The summed E-state index contributed by atoms with van der Waals surface area (Å²) in [5.41, 5.74) is -0.805. The van der Waals surface area contributed by atoms with Crippen molar-refractivity contribution in [2.24, 2.45) is 0 Å². The normalized spacial score (nSPS) is 11.6. The SMILES string of the molecule is C=CC(=O)O/C(CO)=C(\CO)C(O)(OC(=O)C=C)OC(=O)C=C. The van der Waals surface area contributed by atoms with Gasteiger partial charge < -0.3 is 29.5 Å². The summed E-state index contributed by atoms with van der Waals surface area (Å²) in [6.45, 7) is 7.17. The van der Waals surface area contributed by atoms with Crippen LogP contribution in [0.3, 0.4) is 0 Å². The van der Waals surface area contributed by atoms with E-state index in [9.17, 15) is 29.7 Å². The van der Waals surface area contributed by atoms with E-state index < -0.39 is 48.4 Å². The molecule has 23 heavy (non-hydrogen) atoms. The molecule has 0 saturated heterocycles. The zero-order valence-electron chi connectivity index (χ0n) is 12.1. The first kappa shape index (κ1) is 20.2. The molecule has 9 nitrogen and oxygen atoms in total. The number of hydrogen-bond acceptors (Lipinski definition) is 9. The zero-order valence-corrected chi connectivity index (χ0v) is 12.1. The van der Waals surface area contributed by atoms with Crippen molar-refractivity contribution >= 4 is 17.9 Å². The van der Waals surface area contributed by atoms with Crippen LogP contribution in [-0.2, 0) is 28.6 Å². The Morgan fingerprint density at radius 3 is 1.61 bits per heavy atom. The van der Waals surface area contributed by atoms with Gasteiger partial charge in [-0.15, -0.1) is 0 Å². The van der Waals surface area contributed by atoms with Crippen LogP contribution in [0.5, 0.6) is 0 Å². The van der Waals surface area contributed by atoms with Gasteiger partial charge in [-0.25, -0.2) is 14.4 Å². The maximum absolute atomic E-state index is 11.3. The lowest BCUT2D eigenvalue weighted by Crippen LogP contribution is -2.43. The number of aliphatic hydroxyl groups is 3. The molecule has 0 aliphatic rings. The minimum atomic E-state index is -3.16. The van der Waals surface area contributed by atoms with Crippen molar-refractivity contribution in [3.8, 4) is 0 Å². The second-order valence-corrected chi connectivity index (χ2v) is 3.68. The quantitative estimate of drug-likeness (QED) is 0.212. The summed E-state index contributed by atoms with van der Waals surface area (Å²) in [5.74, 6) is -7.39. The molecule has 0 saturated carbocycles. The molecule has 0 aromatic carbocycles. The smallest absolute Gasteiger partial charge is 0.405 e. The monoisotopic (exact) mass is 328 g/mol. The van der Waals surface area contributed by atoms with E-state index in [0.717, 1.165) is 6.08 Å². The van der Waals surface area contributed by atoms with Crippen LogP contribution in [0.2, 0.25) is 0 Å². The molecular weight excluding hydrogens is 312 g/mol.